The van der Waals surface area contributed by atoms with Crippen molar-refractivity contribution in [1.29, 1.82) is 0 Å². The fraction of sp³-hybridized carbons (Fsp3) is 0.280. The maximum atomic E-state index is 6.16. The lowest BCUT2D eigenvalue weighted by Gasteiger charge is -2.23. The first-order chi connectivity index (χ1) is 30.4. The molecule has 12 nitrogen and oxygen atoms in total. The topological polar surface area (TPSA) is 113 Å². The first kappa shape index (κ1) is 42.3. The van der Waals surface area contributed by atoms with Gasteiger partial charge in [0.2, 0.25) is 0 Å². The lowest BCUT2D eigenvalue weighted by molar-refractivity contribution is 0.0280. The van der Waals surface area contributed by atoms with Crippen molar-refractivity contribution in [3.8, 4) is 23.0 Å². The second-order valence-corrected chi connectivity index (χ2v) is 15.1. The van der Waals surface area contributed by atoms with Crippen molar-refractivity contribution in [2.45, 2.75) is 26.2 Å². The SMILES string of the molecule is COc1ccc2nc(CN(CCOCCOCCN(Cc3ccc4cc(OC)ccc4n3)Cc3ccc4cc(OC)ccc4n3)Cc3ccc4cc(OC)ccc4n3)ccc2c1. The fourth-order valence-corrected chi connectivity index (χ4v) is 7.50. The molecule has 12 heteroatoms. The first-order valence-corrected chi connectivity index (χ1v) is 20.8. The molecule has 4 aromatic heterocycles. The van der Waals surface area contributed by atoms with Crippen molar-refractivity contribution >= 4 is 43.6 Å². The Morgan fingerprint density at radius 2 is 0.613 bits per heavy atom. The van der Waals surface area contributed by atoms with Crippen LogP contribution in [-0.4, -0.2) is 97.7 Å². The Labute approximate surface area is 362 Å². The highest BCUT2D eigenvalue weighted by atomic mass is 16.5. The zero-order valence-electron chi connectivity index (χ0n) is 35.8. The van der Waals surface area contributed by atoms with Gasteiger partial charge in [-0.25, -0.2) is 0 Å². The van der Waals surface area contributed by atoms with Crippen LogP contribution in [0.25, 0.3) is 43.6 Å². The third kappa shape index (κ3) is 10.9. The first-order valence-electron chi connectivity index (χ1n) is 20.8. The van der Waals surface area contributed by atoms with Gasteiger partial charge in [-0.05, 0) is 97.1 Å². The van der Waals surface area contributed by atoms with Crippen molar-refractivity contribution < 1.29 is 28.4 Å². The molecule has 0 radical (unpaired) electrons. The van der Waals surface area contributed by atoms with E-state index in [1.54, 1.807) is 28.4 Å². The minimum absolute atomic E-state index is 0.478. The average Bonchev–Trinajstić information content (AvgIpc) is 3.31. The van der Waals surface area contributed by atoms with Gasteiger partial charge in [0.25, 0.3) is 0 Å². The summed E-state index contributed by atoms with van der Waals surface area (Å²) in [5, 5.41) is 4.15. The summed E-state index contributed by atoms with van der Waals surface area (Å²) in [7, 11) is 6.70. The number of rotatable bonds is 21. The van der Waals surface area contributed by atoms with E-state index in [4.69, 9.17) is 48.4 Å². The van der Waals surface area contributed by atoms with Crippen LogP contribution in [0.1, 0.15) is 22.8 Å². The van der Waals surface area contributed by atoms with E-state index in [0.29, 0.717) is 65.7 Å². The van der Waals surface area contributed by atoms with Gasteiger partial charge in [0, 0.05) is 60.8 Å². The van der Waals surface area contributed by atoms with E-state index in [9.17, 15) is 0 Å². The molecule has 8 aromatic rings. The Morgan fingerprint density at radius 3 is 0.871 bits per heavy atom. The number of hydrogen-bond acceptors (Lipinski definition) is 12. The molecule has 0 aliphatic rings. The predicted octanol–water partition coefficient (Wildman–Crippen LogP) is 8.65. The van der Waals surface area contributed by atoms with Crippen LogP contribution in [0.4, 0.5) is 0 Å². The number of methoxy groups -OCH3 is 4. The molecule has 0 N–H and O–H groups in total. The highest BCUT2D eigenvalue weighted by Crippen LogP contribution is 2.24. The molecule has 8 rings (SSSR count). The van der Waals surface area contributed by atoms with Crippen molar-refractivity contribution in [3.05, 3.63) is 144 Å². The van der Waals surface area contributed by atoms with E-state index in [2.05, 4.69) is 58.3 Å². The molecule has 0 atom stereocenters. The number of fused-ring (bicyclic) bond motifs is 4. The third-order valence-electron chi connectivity index (χ3n) is 10.8. The summed E-state index contributed by atoms with van der Waals surface area (Å²) in [4.78, 5) is 24.5. The van der Waals surface area contributed by atoms with E-state index in [1.165, 1.54) is 0 Å². The smallest absolute Gasteiger partial charge is 0.119 e. The van der Waals surface area contributed by atoms with Gasteiger partial charge in [-0.15, -0.1) is 0 Å². The maximum absolute atomic E-state index is 6.16. The number of benzene rings is 4. The predicted molar refractivity (Wildman–Crippen MR) is 243 cm³/mol. The minimum Gasteiger partial charge on any atom is -0.497 e. The van der Waals surface area contributed by atoms with Gasteiger partial charge in [0.05, 0.1) is 99.7 Å². The Hall–Kier alpha value is -6.44. The van der Waals surface area contributed by atoms with Gasteiger partial charge >= 0.3 is 0 Å². The van der Waals surface area contributed by atoms with E-state index in [-0.39, 0.29) is 0 Å². The highest BCUT2D eigenvalue weighted by molar-refractivity contribution is 5.82. The number of ether oxygens (including phenoxy) is 6. The molecular weight excluding hydrogens is 781 g/mol. The lowest BCUT2D eigenvalue weighted by atomic mass is 10.1. The molecule has 0 bridgehead atoms. The van der Waals surface area contributed by atoms with Crippen LogP contribution in [0, 0.1) is 0 Å². The standard InChI is InChI=1S/C50H52N6O6/c1-57-43-13-17-47-35(27-43)5-9-39(51-47)31-55(32-40-10-6-36-28-44(58-2)14-18-48(36)52-40)21-23-61-25-26-62-24-22-56(33-41-11-7-37-29-45(59-3)15-19-49(37)53-41)34-42-12-8-38-30-46(60-4)16-20-50(38)54-42/h5-20,27-30H,21-26,31-34H2,1-4H3. The molecule has 0 amide bonds. The molecule has 0 aliphatic heterocycles. The number of hydrogen-bond donors (Lipinski definition) is 0. The Kier molecular flexibility index (Phi) is 13.9. The van der Waals surface area contributed by atoms with Gasteiger partial charge in [-0.1, -0.05) is 24.3 Å². The summed E-state index contributed by atoms with van der Waals surface area (Å²) in [6.45, 7) is 5.96. The van der Waals surface area contributed by atoms with E-state index in [0.717, 1.165) is 89.4 Å². The van der Waals surface area contributed by atoms with Crippen LogP contribution in [0.3, 0.4) is 0 Å². The number of pyridine rings is 4. The fourth-order valence-electron chi connectivity index (χ4n) is 7.50. The van der Waals surface area contributed by atoms with Crippen LogP contribution in [0.2, 0.25) is 0 Å². The monoisotopic (exact) mass is 832 g/mol. The van der Waals surface area contributed by atoms with Gasteiger partial charge < -0.3 is 28.4 Å². The Morgan fingerprint density at radius 1 is 0.339 bits per heavy atom. The molecule has 4 heterocycles. The molecule has 62 heavy (non-hydrogen) atoms. The van der Waals surface area contributed by atoms with Crippen molar-refractivity contribution in [3.63, 3.8) is 0 Å². The normalized spacial score (nSPS) is 11.6. The van der Waals surface area contributed by atoms with Crippen LogP contribution < -0.4 is 18.9 Å². The van der Waals surface area contributed by atoms with Gasteiger partial charge in [0.1, 0.15) is 23.0 Å². The van der Waals surface area contributed by atoms with Crippen LogP contribution in [0.5, 0.6) is 23.0 Å². The molecule has 0 saturated heterocycles. The quantitative estimate of drug-likeness (QED) is 0.0646. The van der Waals surface area contributed by atoms with Gasteiger partial charge in [0.15, 0.2) is 0 Å². The zero-order valence-corrected chi connectivity index (χ0v) is 35.8. The van der Waals surface area contributed by atoms with E-state index in [1.807, 2.05) is 72.8 Å². The summed E-state index contributed by atoms with van der Waals surface area (Å²) in [6.07, 6.45) is 0. The summed E-state index contributed by atoms with van der Waals surface area (Å²) >= 11 is 0. The number of nitrogens with zero attached hydrogens (tertiary/aromatic N) is 6. The van der Waals surface area contributed by atoms with Crippen molar-refractivity contribution in [2.75, 3.05) is 68.0 Å². The molecule has 0 spiro atoms. The van der Waals surface area contributed by atoms with E-state index >= 15 is 0 Å². The number of aromatic nitrogens is 4. The molecule has 0 unspecified atom stereocenters. The van der Waals surface area contributed by atoms with Crippen LogP contribution in [0.15, 0.2) is 121 Å². The molecule has 0 aliphatic carbocycles. The van der Waals surface area contributed by atoms with Gasteiger partial charge in [-0.3, -0.25) is 29.7 Å². The minimum atomic E-state index is 0.478. The summed E-state index contributed by atoms with van der Waals surface area (Å²) in [5.74, 6) is 3.25. The molecular formula is C50H52N6O6. The highest BCUT2D eigenvalue weighted by Gasteiger charge is 2.14. The Bertz CT molecular complexity index is 2400. The van der Waals surface area contributed by atoms with E-state index < -0.39 is 0 Å². The van der Waals surface area contributed by atoms with Crippen LogP contribution in [-0.2, 0) is 35.7 Å². The summed E-state index contributed by atoms with van der Waals surface area (Å²) in [6, 6.07) is 40.5. The largest absolute Gasteiger partial charge is 0.497 e. The van der Waals surface area contributed by atoms with Gasteiger partial charge in [-0.2, -0.15) is 0 Å². The summed E-state index contributed by atoms with van der Waals surface area (Å²) in [5.41, 5.74) is 7.60. The van der Waals surface area contributed by atoms with Crippen molar-refractivity contribution in [2.24, 2.45) is 0 Å². The van der Waals surface area contributed by atoms with Crippen molar-refractivity contribution in [1.82, 2.24) is 29.7 Å². The third-order valence-corrected chi connectivity index (χ3v) is 10.8. The second-order valence-electron chi connectivity index (χ2n) is 15.1. The van der Waals surface area contributed by atoms with Crippen LogP contribution >= 0.6 is 0 Å². The molecule has 0 fully saturated rings. The average molecular weight is 833 g/mol. The lowest BCUT2D eigenvalue weighted by Crippen LogP contribution is -2.29. The zero-order chi connectivity index (χ0) is 42.7. The molecule has 4 aromatic carbocycles. The second kappa shape index (κ2) is 20.4. The molecule has 0 saturated carbocycles. The Balaban J connectivity index is 0.877. The maximum Gasteiger partial charge on any atom is 0.119 e. The molecule has 318 valence electrons. The summed E-state index contributed by atoms with van der Waals surface area (Å²) < 4.78 is 34.0.